The number of carbonyl (C=O) groups excluding carboxylic acids is 2. The smallest absolute Gasteiger partial charge is 0.234 e. The maximum atomic E-state index is 12.3. The van der Waals surface area contributed by atoms with E-state index >= 15 is 0 Å². The van der Waals surface area contributed by atoms with Gasteiger partial charge in [-0.15, -0.1) is 0 Å². The molecule has 8 nitrogen and oxygen atoms in total. The van der Waals surface area contributed by atoms with Crippen molar-refractivity contribution in [3.05, 3.63) is 0 Å². The Balaban J connectivity index is 1.35. The van der Waals surface area contributed by atoms with Crippen LogP contribution in [-0.2, 0) is 19.1 Å². The van der Waals surface area contributed by atoms with Crippen LogP contribution in [0.25, 0.3) is 0 Å². The third-order valence-electron chi connectivity index (χ3n) is 5.85. The zero-order chi connectivity index (χ0) is 19.1. The van der Waals surface area contributed by atoms with Crippen LogP contribution in [0.3, 0.4) is 0 Å². The number of amides is 2. The molecule has 2 saturated heterocycles. The predicted octanol–water partition coefficient (Wildman–Crippen LogP) is -0.350. The summed E-state index contributed by atoms with van der Waals surface area (Å²) >= 11 is 0. The van der Waals surface area contributed by atoms with Gasteiger partial charge in [0.25, 0.3) is 0 Å². The zero-order valence-electron chi connectivity index (χ0n) is 16.0. The van der Waals surface area contributed by atoms with Gasteiger partial charge in [-0.2, -0.15) is 0 Å². The molecule has 3 fully saturated rings. The monoisotopic (exact) mass is 383 g/mol. The quantitative estimate of drug-likeness (QED) is 0.530. The van der Waals surface area contributed by atoms with Crippen molar-refractivity contribution in [2.45, 2.75) is 56.8 Å². The molecular weight excluding hydrogens is 350 g/mol. The number of morpholine rings is 1. The Morgan fingerprint density at radius 3 is 2.56 bits per heavy atom. The van der Waals surface area contributed by atoms with Crippen LogP contribution in [-0.4, -0.2) is 86.1 Å². The molecule has 3 atom stereocenters. The molecule has 3 aliphatic rings. The van der Waals surface area contributed by atoms with E-state index in [4.69, 9.17) is 9.47 Å². The summed E-state index contributed by atoms with van der Waals surface area (Å²) in [6, 6.07) is -0.163. The Morgan fingerprint density at radius 2 is 1.89 bits per heavy atom. The molecule has 2 amide bonds. The van der Waals surface area contributed by atoms with Crippen LogP contribution >= 0.6 is 0 Å². The van der Waals surface area contributed by atoms with Crippen molar-refractivity contribution >= 4 is 11.8 Å². The third-order valence-corrected chi connectivity index (χ3v) is 5.85. The Bertz CT molecular complexity index is 494. The summed E-state index contributed by atoms with van der Waals surface area (Å²) in [7, 11) is 0. The van der Waals surface area contributed by atoms with Gasteiger partial charge >= 0.3 is 0 Å². The number of nitrogens with zero attached hydrogens (tertiary/aromatic N) is 1. The van der Waals surface area contributed by atoms with E-state index in [2.05, 4.69) is 15.5 Å². The first-order valence-electron chi connectivity index (χ1n) is 10.3. The molecule has 0 aromatic heterocycles. The zero-order valence-corrected chi connectivity index (χ0v) is 16.0. The SMILES string of the molecule is O=C(CN1CCOCC1)N[C@H]1CC[C@H](CCNC(=O)C2CCC2)O[C@@H]1CO. The molecular formula is C19H33N3O5. The fourth-order valence-electron chi connectivity index (χ4n) is 3.90. The molecule has 0 bridgehead atoms. The van der Waals surface area contributed by atoms with Gasteiger partial charge in [-0.1, -0.05) is 6.42 Å². The minimum atomic E-state index is -0.389. The standard InChI is InChI=1S/C19H33N3O5/c23-13-17-16(21-18(24)12-22-8-10-26-11-9-22)5-4-15(27-17)6-7-20-19(25)14-2-1-3-14/h14-17,23H,1-13H2,(H,20,25)(H,21,24)/t15-,16+,17-/m1/s1. The van der Waals surface area contributed by atoms with Crippen LogP contribution in [0.1, 0.15) is 38.5 Å². The molecule has 0 radical (unpaired) electrons. The second-order valence-corrected chi connectivity index (χ2v) is 7.83. The van der Waals surface area contributed by atoms with Crippen LogP contribution < -0.4 is 10.6 Å². The lowest BCUT2D eigenvalue weighted by atomic mass is 9.85. The molecule has 3 rings (SSSR count). The van der Waals surface area contributed by atoms with Gasteiger partial charge in [0.15, 0.2) is 0 Å². The highest BCUT2D eigenvalue weighted by Gasteiger charge is 2.32. The number of hydrogen-bond donors (Lipinski definition) is 3. The minimum Gasteiger partial charge on any atom is -0.394 e. The summed E-state index contributed by atoms with van der Waals surface area (Å²) < 4.78 is 11.3. The van der Waals surface area contributed by atoms with E-state index in [9.17, 15) is 14.7 Å². The molecule has 0 spiro atoms. The van der Waals surface area contributed by atoms with E-state index in [-0.39, 0.29) is 42.6 Å². The van der Waals surface area contributed by atoms with E-state index in [1.54, 1.807) is 0 Å². The second kappa shape index (κ2) is 10.4. The van der Waals surface area contributed by atoms with Crippen molar-refractivity contribution in [1.82, 2.24) is 15.5 Å². The van der Waals surface area contributed by atoms with Crippen molar-refractivity contribution in [3.8, 4) is 0 Å². The van der Waals surface area contributed by atoms with E-state index < -0.39 is 0 Å². The molecule has 2 aliphatic heterocycles. The van der Waals surface area contributed by atoms with Crippen LogP contribution in [0, 0.1) is 5.92 Å². The summed E-state index contributed by atoms with van der Waals surface area (Å²) in [5, 5.41) is 15.7. The third kappa shape index (κ3) is 6.14. The average Bonchev–Trinajstić information content (AvgIpc) is 2.62. The topological polar surface area (TPSA) is 100 Å². The number of aliphatic hydroxyl groups excluding tert-OH is 1. The van der Waals surface area contributed by atoms with Gasteiger partial charge in [-0.05, 0) is 32.1 Å². The molecule has 3 N–H and O–H groups in total. The maximum Gasteiger partial charge on any atom is 0.234 e. The number of ether oxygens (including phenoxy) is 2. The van der Waals surface area contributed by atoms with Gasteiger partial charge < -0.3 is 25.2 Å². The Labute approximate surface area is 160 Å². The van der Waals surface area contributed by atoms with Crippen molar-refractivity contribution in [2.75, 3.05) is 46.0 Å². The van der Waals surface area contributed by atoms with E-state index in [1.807, 2.05) is 0 Å². The molecule has 154 valence electrons. The highest BCUT2D eigenvalue weighted by Crippen LogP contribution is 2.26. The van der Waals surface area contributed by atoms with E-state index in [0.717, 1.165) is 51.6 Å². The van der Waals surface area contributed by atoms with Gasteiger partial charge in [-0.3, -0.25) is 14.5 Å². The van der Waals surface area contributed by atoms with Gasteiger partial charge in [0.1, 0.15) is 6.10 Å². The minimum absolute atomic E-state index is 0.0104. The number of nitrogens with one attached hydrogen (secondary N) is 2. The molecule has 0 aromatic carbocycles. The lowest BCUT2D eigenvalue weighted by Crippen LogP contribution is -2.53. The predicted molar refractivity (Wildman–Crippen MR) is 99.1 cm³/mol. The fourth-order valence-corrected chi connectivity index (χ4v) is 3.90. The Kier molecular flexibility index (Phi) is 7.87. The first kappa shape index (κ1) is 20.5. The highest BCUT2D eigenvalue weighted by molar-refractivity contribution is 5.79. The molecule has 27 heavy (non-hydrogen) atoms. The first-order valence-corrected chi connectivity index (χ1v) is 10.3. The second-order valence-electron chi connectivity index (χ2n) is 7.83. The van der Waals surface area contributed by atoms with E-state index in [1.165, 1.54) is 0 Å². The molecule has 1 saturated carbocycles. The summed E-state index contributed by atoms with van der Waals surface area (Å²) in [4.78, 5) is 26.2. The summed E-state index contributed by atoms with van der Waals surface area (Å²) in [5.41, 5.74) is 0. The molecule has 8 heteroatoms. The number of carbonyl (C=O) groups is 2. The normalized spacial score (nSPS) is 29.7. The van der Waals surface area contributed by atoms with Gasteiger partial charge in [-0.25, -0.2) is 0 Å². The largest absolute Gasteiger partial charge is 0.394 e. The average molecular weight is 383 g/mol. The maximum absolute atomic E-state index is 12.3. The Morgan fingerprint density at radius 1 is 1.11 bits per heavy atom. The highest BCUT2D eigenvalue weighted by atomic mass is 16.5. The molecule has 0 aromatic rings. The van der Waals surface area contributed by atoms with Crippen molar-refractivity contribution in [2.24, 2.45) is 5.92 Å². The fraction of sp³-hybridized carbons (Fsp3) is 0.895. The Hall–Kier alpha value is -1.22. The number of rotatable bonds is 8. The van der Waals surface area contributed by atoms with Crippen molar-refractivity contribution in [3.63, 3.8) is 0 Å². The summed E-state index contributed by atoms with van der Waals surface area (Å²) in [6.07, 6.45) is 5.12. The van der Waals surface area contributed by atoms with E-state index in [0.29, 0.717) is 26.3 Å². The van der Waals surface area contributed by atoms with Crippen LogP contribution in [0.4, 0.5) is 0 Å². The van der Waals surface area contributed by atoms with Crippen LogP contribution in [0.5, 0.6) is 0 Å². The lowest BCUT2D eigenvalue weighted by molar-refractivity contribution is -0.131. The first-order chi connectivity index (χ1) is 13.2. The van der Waals surface area contributed by atoms with Crippen molar-refractivity contribution in [1.29, 1.82) is 0 Å². The van der Waals surface area contributed by atoms with Gasteiger partial charge in [0, 0.05) is 25.6 Å². The number of hydrogen-bond acceptors (Lipinski definition) is 6. The molecule has 2 heterocycles. The van der Waals surface area contributed by atoms with Crippen LogP contribution in [0.15, 0.2) is 0 Å². The van der Waals surface area contributed by atoms with Gasteiger partial charge in [0.2, 0.25) is 11.8 Å². The van der Waals surface area contributed by atoms with Gasteiger partial charge in [0.05, 0.1) is 38.5 Å². The van der Waals surface area contributed by atoms with Crippen LogP contribution in [0.2, 0.25) is 0 Å². The molecule has 1 aliphatic carbocycles. The molecule has 0 unspecified atom stereocenters. The summed E-state index contributed by atoms with van der Waals surface area (Å²) in [5.74, 6) is 0.327. The number of aliphatic hydroxyl groups is 1. The lowest BCUT2D eigenvalue weighted by Gasteiger charge is -2.37. The van der Waals surface area contributed by atoms with Crippen molar-refractivity contribution < 1.29 is 24.2 Å². The summed E-state index contributed by atoms with van der Waals surface area (Å²) in [6.45, 7) is 3.71.